The zero-order valence-electron chi connectivity index (χ0n) is 7.95. The number of nitrogens with two attached hydrogens (primary N) is 1. The molecule has 0 bridgehead atoms. The topological polar surface area (TPSA) is 68.3 Å². The molecule has 1 atom stereocenters. The van der Waals surface area contributed by atoms with E-state index in [1.807, 2.05) is 0 Å². The van der Waals surface area contributed by atoms with Gasteiger partial charge in [0.05, 0.1) is 25.9 Å². The van der Waals surface area contributed by atoms with Crippen molar-refractivity contribution in [1.82, 2.24) is 0 Å². The van der Waals surface area contributed by atoms with Crippen molar-refractivity contribution in [3.8, 4) is 6.07 Å². The smallest absolute Gasteiger partial charge is 0.130 e. The van der Waals surface area contributed by atoms with E-state index < -0.39 is 5.54 Å². The zero-order valence-corrected chi connectivity index (χ0v) is 7.95. The first-order chi connectivity index (χ1) is 6.23. The van der Waals surface area contributed by atoms with Crippen molar-refractivity contribution in [1.29, 1.82) is 5.26 Å². The molecule has 4 nitrogen and oxygen atoms in total. The minimum Gasteiger partial charge on any atom is -0.382 e. The molecule has 2 N–H and O–H groups in total. The number of hydrogen-bond donors (Lipinski definition) is 1. The highest BCUT2D eigenvalue weighted by Gasteiger charge is 2.42. The van der Waals surface area contributed by atoms with Crippen LogP contribution in [0.4, 0.5) is 0 Å². The van der Waals surface area contributed by atoms with Gasteiger partial charge in [0.25, 0.3) is 0 Å². The Kier molecular flexibility index (Phi) is 3.67. The summed E-state index contributed by atoms with van der Waals surface area (Å²) in [6.45, 7) is 1.37. The highest BCUT2D eigenvalue weighted by Crippen LogP contribution is 2.37. The van der Waals surface area contributed by atoms with Gasteiger partial charge in [0.15, 0.2) is 0 Å². The van der Waals surface area contributed by atoms with Crippen LogP contribution < -0.4 is 5.73 Å². The molecule has 74 valence electrons. The van der Waals surface area contributed by atoms with Crippen LogP contribution >= 0.6 is 0 Å². The van der Waals surface area contributed by atoms with Gasteiger partial charge in [0, 0.05) is 7.11 Å². The molecule has 4 heteroatoms. The van der Waals surface area contributed by atoms with Crippen molar-refractivity contribution in [2.24, 2.45) is 11.7 Å². The molecule has 0 heterocycles. The van der Waals surface area contributed by atoms with E-state index in [1.165, 1.54) is 0 Å². The molecule has 1 unspecified atom stereocenters. The van der Waals surface area contributed by atoms with Crippen LogP contribution in [-0.2, 0) is 9.47 Å². The quantitative estimate of drug-likeness (QED) is 0.602. The van der Waals surface area contributed by atoms with Gasteiger partial charge in [-0.3, -0.25) is 0 Å². The Balaban J connectivity index is 2.20. The summed E-state index contributed by atoms with van der Waals surface area (Å²) >= 11 is 0. The molecule has 1 rings (SSSR count). The average molecular weight is 184 g/mol. The monoisotopic (exact) mass is 184 g/mol. The first-order valence-electron chi connectivity index (χ1n) is 4.50. The maximum Gasteiger partial charge on any atom is 0.130 e. The Morgan fingerprint density at radius 1 is 1.54 bits per heavy atom. The second-order valence-electron chi connectivity index (χ2n) is 3.47. The summed E-state index contributed by atoms with van der Waals surface area (Å²) in [4.78, 5) is 0. The maximum absolute atomic E-state index is 8.87. The normalized spacial score (nSPS) is 20.7. The second kappa shape index (κ2) is 4.56. The van der Waals surface area contributed by atoms with Crippen molar-refractivity contribution < 1.29 is 9.47 Å². The largest absolute Gasteiger partial charge is 0.382 e. The number of nitriles is 1. The number of methoxy groups -OCH3 is 1. The van der Waals surface area contributed by atoms with Crippen molar-refractivity contribution >= 4 is 0 Å². The standard InChI is InChI=1S/C9H16N2O2/c1-12-4-5-13-7-9(11,6-10)8-2-3-8/h8H,2-5,7,11H2,1H3. The van der Waals surface area contributed by atoms with Crippen LogP contribution in [0.3, 0.4) is 0 Å². The summed E-state index contributed by atoms with van der Waals surface area (Å²) in [7, 11) is 1.62. The third-order valence-electron chi connectivity index (χ3n) is 2.29. The van der Waals surface area contributed by atoms with Crippen LogP contribution in [0.15, 0.2) is 0 Å². The Labute approximate surface area is 78.6 Å². The number of nitrogens with zero attached hydrogens (tertiary/aromatic N) is 1. The van der Waals surface area contributed by atoms with Crippen molar-refractivity contribution in [3.05, 3.63) is 0 Å². The van der Waals surface area contributed by atoms with Gasteiger partial charge in [-0.15, -0.1) is 0 Å². The predicted octanol–water partition coefficient (Wildman–Crippen LogP) is 0.280. The summed E-state index contributed by atoms with van der Waals surface area (Å²) in [5.74, 6) is 0.333. The predicted molar refractivity (Wildman–Crippen MR) is 48.0 cm³/mol. The second-order valence-corrected chi connectivity index (χ2v) is 3.47. The molecule has 0 saturated heterocycles. The lowest BCUT2D eigenvalue weighted by atomic mass is 9.98. The SMILES string of the molecule is COCCOCC(N)(C#N)C1CC1. The number of hydrogen-bond acceptors (Lipinski definition) is 4. The molecular formula is C9H16N2O2. The van der Waals surface area contributed by atoms with E-state index in [1.54, 1.807) is 7.11 Å². The van der Waals surface area contributed by atoms with Gasteiger partial charge >= 0.3 is 0 Å². The van der Waals surface area contributed by atoms with Gasteiger partial charge in [-0.2, -0.15) is 5.26 Å². The first-order valence-corrected chi connectivity index (χ1v) is 4.50. The molecule has 0 spiro atoms. The van der Waals surface area contributed by atoms with Crippen molar-refractivity contribution in [3.63, 3.8) is 0 Å². The molecule has 0 aliphatic heterocycles. The molecule has 1 saturated carbocycles. The molecule has 0 aromatic rings. The van der Waals surface area contributed by atoms with Gasteiger partial charge in [-0.05, 0) is 18.8 Å². The van der Waals surface area contributed by atoms with E-state index in [4.69, 9.17) is 20.5 Å². The molecule has 1 aliphatic rings. The fourth-order valence-electron chi connectivity index (χ4n) is 1.22. The first kappa shape index (κ1) is 10.5. The molecule has 1 aliphatic carbocycles. The average Bonchev–Trinajstić information content (AvgIpc) is 2.95. The zero-order chi connectivity index (χ0) is 9.73. The number of ether oxygens (including phenoxy) is 2. The minimum atomic E-state index is -0.770. The van der Waals surface area contributed by atoms with Gasteiger partial charge in [0.2, 0.25) is 0 Å². The summed E-state index contributed by atoms with van der Waals surface area (Å²) < 4.78 is 10.1. The van der Waals surface area contributed by atoms with Gasteiger partial charge in [0.1, 0.15) is 5.54 Å². The fourth-order valence-corrected chi connectivity index (χ4v) is 1.22. The van der Waals surface area contributed by atoms with Gasteiger partial charge in [-0.1, -0.05) is 0 Å². The lowest BCUT2D eigenvalue weighted by Crippen LogP contribution is -2.45. The van der Waals surface area contributed by atoms with E-state index >= 15 is 0 Å². The van der Waals surface area contributed by atoms with Crippen LogP contribution in [-0.4, -0.2) is 32.5 Å². The third-order valence-corrected chi connectivity index (χ3v) is 2.29. The van der Waals surface area contributed by atoms with Crippen molar-refractivity contribution in [2.75, 3.05) is 26.9 Å². The van der Waals surface area contributed by atoms with Crippen LogP contribution in [0.2, 0.25) is 0 Å². The summed E-state index contributed by atoms with van der Waals surface area (Å²) in [6, 6.07) is 2.13. The fraction of sp³-hybridized carbons (Fsp3) is 0.889. The highest BCUT2D eigenvalue weighted by atomic mass is 16.5. The molecule has 0 aromatic carbocycles. The molecule has 13 heavy (non-hydrogen) atoms. The van der Waals surface area contributed by atoms with Crippen molar-refractivity contribution in [2.45, 2.75) is 18.4 Å². The van der Waals surface area contributed by atoms with Crippen LogP contribution in [0.1, 0.15) is 12.8 Å². The Hall–Kier alpha value is -0.630. The van der Waals surface area contributed by atoms with E-state index in [0.29, 0.717) is 25.7 Å². The van der Waals surface area contributed by atoms with Gasteiger partial charge in [-0.25, -0.2) is 0 Å². The van der Waals surface area contributed by atoms with E-state index in [2.05, 4.69) is 6.07 Å². The number of rotatable bonds is 6. The highest BCUT2D eigenvalue weighted by molar-refractivity contribution is 5.13. The molecule has 0 amide bonds. The minimum absolute atomic E-state index is 0.317. The maximum atomic E-state index is 8.87. The lowest BCUT2D eigenvalue weighted by molar-refractivity contribution is 0.0496. The third kappa shape index (κ3) is 2.96. The Morgan fingerprint density at radius 3 is 2.69 bits per heavy atom. The summed E-state index contributed by atoms with van der Waals surface area (Å²) in [5, 5.41) is 8.87. The summed E-state index contributed by atoms with van der Waals surface area (Å²) in [5.41, 5.74) is 5.09. The molecule has 0 aromatic heterocycles. The van der Waals surface area contributed by atoms with Crippen LogP contribution in [0, 0.1) is 17.2 Å². The Bertz CT molecular complexity index is 198. The molecule has 0 radical (unpaired) electrons. The molecule has 1 fully saturated rings. The van der Waals surface area contributed by atoms with E-state index in [0.717, 1.165) is 12.8 Å². The van der Waals surface area contributed by atoms with Crippen LogP contribution in [0.25, 0.3) is 0 Å². The molecular weight excluding hydrogens is 168 g/mol. The van der Waals surface area contributed by atoms with E-state index in [-0.39, 0.29) is 0 Å². The van der Waals surface area contributed by atoms with E-state index in [9.17, 15) is 0 Å². The van der Waals surface area contributed by atoms with Gasteiger partial charge < -0.3 is 15.2 Å². The lowest BCUT2D eigenvalue weighted by Gasteiger charge is -2.20. The van der Waals surface area contributed by atoms with Crippen LogP contribution in [0.5, 0.6) is 0 Å². The summed E-state index contributed by atoms with van der Waals surface area (Å²) in [6.07, 6.45) is 2.11. The Morgan fingerprint density at radius 2 is 2.23 bits per heavy atom.